The minimum atomic E-state index is -4.59. The molecule has 0 aliphatic carbocycles. The smallest absolute Gasteiger partial charge is 0.357 e. The molecule has 0 spiro atoms. The Morgan fingerprint density at radius 2 is 2.09 bits per heavy atom. The molecule has 0 unspecified atom stereocenters. The molecule has 0 aliphatic heterocycles. The van der Waals surface area contributed by atoms with E-state index in [9.17, 15) is 28.6 Å². The topological polar surface area (TPSA) is 133 Å². The van der Waals surface area contributed by atoms with Gasteiger partial charge in [-0.15, -0.1) is 0 Å². The van der Waals surface area contributed by atoms with Gasteiger partial charge in [0, 0.05) is 11.7 Å². The SMILES string of the molecule is O=C(n1cc(/C=C/Cl)c(O)nc1=O)C(F)(F)[C@H](O)[C@@H](O)CO. The van der Waals surface area contributed by atoms with E-state index in [1.807, 2.05) is 0 Å². The zero-order valence-corrected chi connectivity index (χ0v) is 11.5. The maximum absolute atomic E-state index is 13.8. The van der Waals surface area contributed by atoms with Gasteiger partial charge in [0.15, 0.2) is 6.10 Å². The number of aromatic nitrogens is 2. The van der Waals surface area contributed by atoms with Gasteiger partial charge in [-0.25, -0.2) is 9.36 Å². The van der Waals surface area contributed by atoms with Crippen molar-refractivity contribution in [2.75, 3.05) is 6.61 Å². The van der Waals surface area contributed by atoms with E-state index in [0.717, 1.165) is 11.6 Å². The van der Waals surface area contributed by atoms with Gasteiger partial charge in [-0.3, -0.25) is 4.79 Å². The summed E-state index contributed by atoms with van der Waals surface area (Å²) in [7, 11) is 0. The van der Waals surface area contributed by atoms with E-state index in [4.69, 9.17) is 21.8 Å². The Balaban J connectivity index is 3.33. The predicted octanol–water partition coefficient (Wildman–Crippen LogP) is -0.852. The fourth-order valence-corrected chi connectivity index (χ4v) is 1.56. The first-order valence-electron chi connectivity index (χ1n) is 5.65. The number of hydrogen-bond donors (Lipinski definition) is 4. The Bertz CT molecular complexity index is 648. The molecule has 11 heteroatoms. The lowest BCUT2D eigenvalue weighted by molar-refractivity contribution is -0.136. The molecule has 1 heterocycles. The lowest BCUT2D eigenvalue weighted by atomic mass is 10.1. The summed E-state index contributed by atoms with van der Waals surface area (Å²) in [6.07, 6.45) is -3.73. The lowest BCUT2D eigenvalue weighted by Crippen LogP contribution is -2.53. The standard InChI is InChI=1S/C11H11ClF2N2O6/c12-2-1-5-3-16(10(22)15-8(5)20)9(21)11(13,14)7(19)6(18)4-17/h1-3,6-7,17-19H,4H2,(H,15,20,22)/b2-1+/t6-,7+/m0/s1. The summed E-state index contributed by atoms with van der Waals surface area (Å²) in [5.74, 6) is -7.63. The minimum Gasteiger partial charge on any atom is -0.493 e. The number of aliphatic hydroxyl groups is 3. The number of aliphatic hydroxyl groups excluding tert-OH is 3. The molecule has 0 bridgehead atoms. The average Bonchev–Trinajstić information content (AvgIpc) is 2.47. The summed E-state index contributed by atoms with van der Waals surface area (Å²) < 4.78 is 27.4. The van der Waals surface area contributed by atoms with Crippen LogP contribution in [0.15, 0.2) is 16.5 Å². The molecular formula is C11H11ClF2N2O6. The minimum absolute atomic E-state index is 0.154. The molecule has 4 N–H and O–H groups in total. The highest BCUT2D eigenvalue weighted by atomic mass is 35.5. The van der Waals surface area contributed by atoms with Crippen molar-refractivity contribution in [1.29, 1.82) is 0 Å². The number of alkyl halides is 2. The fourth-order valence-electron chi connectivity index (χ4n) is 1.42. The molecule has 1 rings (SSSR count). The first kappa shape index (κ1) is 18.2. The fraction of sp³-hybridized carbons (Fsp3) is 0.364. The molecule has 0 saturated heterocycles. The normalized spacial score (nSPS) is 15.0. The molecule has 0 amide bonds. The van der Waals surface area contributed by atoms with Gasteiger partial charge in [0.05, 0.1) is 12.2 Å². The number of halogens is 3. The van der Waals surface area contributed by atoms with E-state index < -0.39 is 42.2 Å². The number of rotatable bonds is 5. The largest absolute Gasteiger partial charge is 0.493 e. The maximum Gasteiger partial charge on any atom is 0.357 e. The molecule has 0 fully saturated rings. The van der Waals surface area contributed by atoms with Gasteiger partial charge in [0.1, 0.15) is 6.10 Å². The second-order valence-corrected chi connectivity index (χ2v) is 4.34. The number of nitrogens with zero attached hydrogens (tertiary/aromatic N) is 2. The van der Waals surface area contributed by atoms with Gasteiger partial charge >= 0.3 is 17.5 Å². The van der Waals surface area contributed by atoms with Gasteiger partial charge in [-0.2, -0.15) is 13.8 Å². The summed E-state index contributed by atoms with van der Waals surface area (Å²) in [5, 5.41) is 36.0. The summed E-state index contributed by atoms with van der Waals surface area (Å²) in [5.41, 5.74) is -0.964. The lowest BCUT2D eigenvalue weighted by Gasteiger charge is -2.24. The predicted molar refractivity (Wildman–Crippen MR) is 69.7 cm³/mol. The van der Waals surface area contributed by atoms with Crippen molar-refractivity contribution in [3.63, 3.8) is 0 Å². The van der Waals surface area contributed by atoms with E-state index in [1.165, 1.54) is 0 Å². The zero-order valence-electron chi connectivity index (χ0n) is 10.7. The van der Waals surface area contributed by atoms with Crippen molar-refractivity contribution in [3.05, 3.63) is 27.8 Å². The first-order valence-corrected chi connectivity index (χ1v) is 6.09. The van der Waals surface area contributed by atoms with Crippen LogP contribution in [0, 0.1) is 0 Å². The Morgan fingerprint density at radius 3 is 2.59 bits per heavy atom. The Kier molecular flexibility index (Phi) is 5.72. The van der Waals surface area contributed by atoms with Crippen molar-refractivity contribution >= 4 is 23.6 Å². The number of carbonyl (C=O) groups is 1. The van der Waals surface area contributed by atoms with Crippen LogP contribution in [0.3, 0.4) is 0 Å². The molecular weight excluding hydrogens is 330 g/mol. The number of hydrogen-bond acceptors (Lipinski definition) is 7. The van der Waals surface area contributed by atoms with Crippen LogP contribution in [0.2, 0.25) is 0 Å². The van der Waals surface area contributed by atoms with E-state index in [2.05, 4.69) is 4.98 Å². The maximum atomic E-state index is 13.8. The summed E-state index contributed by atoms with van der Waals surface area (Å²) in [4.78, 5) is 26.1. The third-order valence-electron chi connectivity index (χ3n) is 2.60. The van der Waals surface area contributed by atoms with Crippen LogP contribution in [0.1, 0.15) is 10.4 Å². The van der Waals surface area contributed by atoms with Crippen LogP contribution in [0.5, 0.6) is 5.88 Å². The van der Waals surface area contributed by atoms with Gasteiger partial charge in [-0.1, -0.05) is 11.6 Å². The molecule has 0 aliphatic rings. The van der Waals surface area contributed by atoms with Gasteiger partial charge in [-0.05, 0) is 6.08 Å². The monoisotopic (exact) mass is 340 g/mol. The van der Waals surface area contributed by atoms with Crippen LogP contribution in [0.25, 0.3) is 6.08 Å². The second-order valence-electron chi connectivity index (χ2n) is 4.09. The highest BCUT2D eigenvalue weighted by Crippen LogP contribution is 2.24. The van der Waals surface area contributed by atoms with Crippen molar-refractivity contribution in [1.82, 2.24) is 9.55 Å². The Hall–Kier alpha value is -1.88. The summed E-state index contributed by atoms with van der Waals surface area (Å²) in [6.45, 7) is -1.23. The molecule has 1 aromatic rings. The highest BCUT2D eigenvalue weighted by molar-refractivity contribution is 6.27. The van der Waals surface area contributed by atoms with Gasteiger partial charge in [0.2, 0.25) is 5.88 Å². The van der Waals surface area contributed by atoms with Gasteiger partial charge < -0.3 is 20.4 Å². The quantitative estimate of drug-likeness (QED) is 0.548. The molecule has 0 aromatic carbocycles. The molecule has 0 saturated carbocycles. The van der Waals surface area contributed by atoms with Crippen LogP contribution in [0.4, 0.5) is 8.78 Å². The van der Waals surface area contributed by atoms with Crippen LogP contribution >= 0.6 is 11.6 Å². The van der Waals surface area contributed by atoms with E-state index in [-0.39, 0.29) is 10.1 Å². The van der Waals surface area contributed by atoms with Crippen LogP contribution in [-0.2, 0) is 0 Å². The molecule has 122 valence electrons. The van der Waals surface area contributed by atoms with Crippen molar-refractivity contribution in [2.45, 2.75) is 18.1 Å². The van der Waals surface area contributed by atoms with Crippen molar-refractivity contribution in [3.8, 4) is 5.88 Å². The van der Waals surface area contributed by atoms with Crippen molar-refractivity contribution in [2.24, 2.45) is 0 Å². The number of carbonyl (C=O) groups excluding carboxylic acids is 1. The zero-order chi connectivity index (χ0) is 17.1. The average molecular weight is 341 g/mol. The van der Waals surface area contributed by atoms with Gasteiger partial charge in [0.25, 0.3) is 0 Å². The van der Waals surface area contributed by atoms with Crippen LogP contribution < -0.4 is 5.69 Å². The molecule has 1 aromatic heterocycles. The summed E-state index contributed by atoms with van der Waals surface area (Å²) >= 11 is 5.24. The van der Waals surface area contributed by atoms with E-state index >= 15 is 0 Å². The van der Waals surface area contributed by atoms with E-state index in [1.54, 1.807) is 0 Å². The number of aromatic hydroxyl groups is 1. The molecule has 22 heavy (non-hydrogen) atoms. The highest BCUT2D eigenvalue weighted by Gasteiger charge is 2.51. The van der Waals surface area contributed by atoms with E-state index in [0.29, 0.717) is 6.20 Å². The molecule has 2 atom stereocenters. The summed E-state index contributed by atoms with van der Waals surface area (Å²) in [6, 6.07) is 0. The Labute approximate surface area is 126 Å². The first-order chi connectivity index (χ1) is 10.2. The van der Waals surface area contributed by atoms with Crippen LogP contribution in [-0.4, -0.2) is 60.6 Å². The molecule has 0 radical (unpaired) electrons. The molecule has 8 nitrogen and oxygen atoms in total. The Morgan fingerprint density at radius 1 is 1.50 bits per heavy atom. The van der Waals surface area contributed by atoms with Crippen molar-refractivity contribution < 1.29 is 34.0 Å². The third-order valence-corrected chi connectivity index (χ3v) is 2.73. The second kappa shape index (κ2) is 6.92. The third kappa shape index (κ3) is 3.47.